The summed E-state index contributed by atoms with van der Waals surface area (Å²) in [5.74, 6) is 0.000327. The zero-order valence-corrected chi connectivity index (χ0v) is 9.44. The van der Waals surface area contributed by atoms with Crippen LogP contribution in [0.25, 0.3) is 0 Å². The van der Waals surface area contributed by atoms with Crippen LogP contribution in [0.3, 0.4) is 0 Å². The molecule has 0 spiro atoms. The van der Waals surface area contributed by atoms with Crippen LogP contribution in [0.2, 0.25) is 0 Å². The van der Waals surface area contributed by atoms with Crippen LogP contribution in [0.15, 0.2) is 36.2 Å². The number of amides is 1. The number of allylic oxidation sites excluding steroid dienone is 1. The van der Waals surface area contributed by atoms with Gasteiger partial charge in [0.1, 0.15) is 0 Å². The minimum atomic E-state index is 0.000327. The van der Waals surface area contributed by atoms with Gasteiger partial charge in [0, 0.05) is 24.0 Å². The molecular formula is C13H16N2O. The number of carbonyl (C=O) groups is 1. The second kappa shape index (κ2) is 4.92. The number of aromatic nitrogens is 1. The molecule has 84 valence electrons. The summed E-state index contributed by atoms with van der Waals surface area (Å²) in [6.07, 6.45) is 8.56. The zero-order chi connectivity index (χ0) is 11.4. The molecule has 1 atom stereocenters. The van der Waals surface area contributed by atoms with Crippen LogP contribution < -0.4 is 5.32 Å². The summed E-state index contributed by atoms with van der Waals surface area (Å²) in [4.78, 5) is 15.7. The Morgan fingerprint density at radius 3 is 2.81 bits per heavy atom. The number of hydrogen-bond donors (Lipinski definition) is 1. The SMILES string of the molecule is CC1=CCC(NC(=O)c2ccncc2)CC1. The van der Waals surface area contributed by atoms with Crippen molar-refractivity contribution < 1.29 is 4.79 Å². The van der Waals surface area contributed by atoms with Crippen molar-refractivity contribution in [3.63, 3.8) is 0 Å². The molecular weight excluding hydrogens is 200 g/mol. The molecule has 1 heterocycles. The molecule has 2 rings (SSSR count). The van der Waals surface area contributed by atoms with E-state index < -0.39 is 0 Å². The number of pyridine rings is 1. The first kappa shape index (κ1) is 10.9. The first-order valence-corrected chi connectivity index (χ1v) is 5.62. The van der Waals surface area contributed by atoms with Crippen LogP contribution in [-0.2, 0) is 0 Å². The highest BCUT2D eigenvalue weighted by Crippen LogP contribution is 2.17. The topological polar surface area (TPSA) is 42.0 Å². The van der Waals surface area contributed by atoms with Gasteiger partial charge in [0.25, 0.3) is 5.91 Å². The van der Waals surface area contributed by atoms with Crippen molar-refractivity contribution >= 4 is 5.91 Å². The van der Waals surface area contributed by atoms with Crippen LogP contribution in [0.4, 0.5) is 0 Å². The smallest absolute Gasteiger partial charge is 0.251 e. The summed E-state index contributed by atoms with van der Waals surface area (Å²) < 4.78 is 0. The van der Waals surface area contributed by atoms with E-state index in [1.807, 2.05) is 0 Å². The number of hydrogen-bond acceptors (Lipinski definition) is 2. The lowest BCUT2D eigenvalue weighted by atomic mass is 9.96. The molecule has 0 radical (unpaired) electrons. The van der Waals surface area contributed by atoms with Gasteiger partial charge in [-0.1, -0.05) is 11.6 Å². The highest BCUT2D eigenvalue weighted by molar-refractivity contribution is 5.94. The van der Waals surface area contributed by atoms with Gasteiger partial charge in [-0.2, -0.15) is 0 Å². The lowest BCUT2D eigenvalue weighted by molar-refractivity contribution is 0.0934. The minimum absolute atomic E-state index is 0.000327. The molecule has 3 nitrogen and oxygen atoms in total. The van der Waals surface area contributed by atoms with Gasteiger partial charge in [0.05, 0.1) is 0 Å². The number of nitrogens with one attached hydrogen (secondary N) is 1. The molecule has 1 aromatic rings. The summed E-state index contributed by atoms with van der Waals surface area (Å²) in [7, 11) is 0. The average molecular weight is 216 g/mol. The van der Waals surface area contributed by atoms with Gasteiger partial charge in [0.2, 0.25) is 0 Å². The maximum absolute atomic E-state index is 11.8. The molecule has 1 aliphatic rings. The Morgan fingerprint density at radius 2 is 2.19 bits per heavy atom. The van der Waals surface area contributed by atoms with Crippen LogP contribution in [0.1, 0.15) is 36.5 Å². The second-order valence-corrected chi connectivity index (χ2v) is 4.23. The summed E-state index contributed by atoms with van der Waals surface area (Å²) in [5, 5.41) is 3.04. The lowest BCUT2D eigenvalue weighted by Crippen LogP contribution is -2.35. The van der Waals surface area contributed by atoms with Crippen LogP contribution in [0, 0.1) is 0 Å². The van der Waals surface area contributed by atoms with Crippen molar-refractivity contribution in [3.05, 3.63) is 41.7 Å². The molecule has 3 heteroatoms. The Kier molecular flexibility index (Phi) is 3.34. The molecule has 0 aromatic carbocycles. The van der Waals surface area contributed by atoms with E-state index in [2.05, 4.69) is 23.3 Å². The highest BCUT2D eigenvalue weighted by atomic mass is 16.1. The van der Waals surface area contributed by atoms with Crippen LogP contribution >= 0.6 is 0 Å². The van der Waals surface area contributed by atoms with Crippen molar-refractivity contribution in [2.45, 2.75) is 32.2 Å². The fourth-order valence-electron chi connectivity index (χ4n) is 1.87. The minimum Gasteiger partial charge on any atom is -0.349 e. The Labute approximate surface area is 95.6 Å². The lowest BCUT2D eigenvalue weighted by Gasteiger charge is -2.21. The third-order valence-electron chi connectivity index (χ3n) is 2.92. The maximum atomic E-state index is 11.8. The third kappa shape index (κ3) is 2.69. The summed E-state index contributed by atoms with van der Waals surface area (Å²) in [6.45, 7) is 2.14. The molecule has 0 aliphatic heterocycles. The van der Waals surface area contributed by atoms with Crippen molar-refractivity contribution in [3.8, 4) is 0 Å². The van der Waals surface area contributed by atoms with E-state index in [0.29, 0.717) is 5.56 Å². The van der Waals surface area contributed by atoms with Crippen molar-refractivity contribution in [2.75, 3.05) is 0 Å². The first-order chi connectivity index (χ1) is 7.75. The molecule has 1 aromatic heterocycles. The monoisotopic (exact) mass is 216 g/mol. The molecule has 1 unspecified atom stereocenters. The average Bonchev–Trinajstić information content (AvgIpc) is 2.33. The summed E-state index contributed by atoms with van der Waals surface area (Å²) in [6, 6.07) is 3.75. The van der Waals surface area contributed by atoms with Gasteiger partial charge in [-0.3, -0.25) is 9.78 Å². The van der Waals surface area contributed by atoms with E-state index in [1.165, 1.54) is 5.57 Å². The van der Waals surface area contributed by atoms with Gasteiger partial charge in [0.15, 0.2) is 0 Å². The summed E-state index contributed by atoms with van der Waals surface area (Å²) >= 11 is 0. The Balaban J connectivity index is 1.94. The quantitative estimate of drug-likeness (QED) is 0.771. The van der Waals surface area contributed by atoms with Gasteiger partial charge < -0.3 is 5.32 Å². The molecule has 1 amide bonds. The number of carbonyl (C=O) groups excluding carboxylic acids is 1. The van der Waals surface area contributed by atoms with E-state index in [4.69, 9.17) is 0 Å². The van der Waals surface area contributed by atoms with E-state index in [-0.39, 0.29) is 11.9 Å². The molecule has 0 saturated heterocycles. The Morgan fingerprint density at radius 1 is 1.44 bits per heavy atom. The number of nitrogens with zero attached hydrogens (tertiary/aromatic N) is 1. The highest BCUT2D eigenvalue weighted by Gasteiger charge is 2.15. The van der Waals surface area contributed by atoms with Crippen LogP contribution in [-0.4, -0.2) is 16.9 Å². The predicted octanol–water partition coefficient (Wildman–Crippen LogP) is 2.31. The van der Waals surface area contributed by atoms with Crippen molar-refractivity contribution in [1.82, 2.24) is 10.3 Å². The van der Waals surface area contributed by atoms with E-state index in [0.717, 1.165) is 19.3 Å². The van der Waals surface area contributed by atoms with E-state index in [9.17, 15) is 4.79 Å². The maximum Gasteiger partial charge on any atom is 0.251 e. The van der Waals surface area contributed by atoms with Crippen molar-refractivity contribution in [2.24, 2.45) is 0 Å². The molecule has 0 bridgehead atoms. The fourth-order valence-corrected chi connectivity index (χ4v) is 1.87. The van der Waals surface area contributed by atoms with Gasteiger partial charge in [-0.15, -0.1) is 0 Å². The number of rotatable bonds is 2. The van der Waals surface area contributed by atoms with Gasteiger partial charge in [-0.05, 0) is 38.3 Å². The molecule has 0 fully saturated rings. The van der Waals surface area contributed by atoms with Gasteiger partial charge >= 0.3 is 0 Å². The van der Waals surface area contributed by atoms with Gasteiger partial charge in [-0.25, -0.2) is 0 Å². The normalized spacial score (nSPS) is 20.1. The predicted molar refractivity (Wildman–Crippen MR) is 63.1 cm³/mol. The zero-order valence-electron chi connectivity index (χ0n) is 9.44. The molecule has 1 aliphatic carbocycles. The largest absolute Gasteiger partial charge is 0.349 e. The Hall–Kier alpha value is -1.64. The van der Waals surface area contributed by atoms with Crippen LogP contribution in [0.5, 0.6) is 0 Å². The second-order valence-electron chi connectivity index (χ2n) is 4.23. The summed E-state index contributed by atoms with van der Waals surface area (Å²) in [5.41, 5.74) is 2.11. The molecule has 1 N–H and O–H groups in total. The Bertz CT molecular complexity index is 398. The standard InChI is InChI=1S/C13H16N2O/c1-10-2-4-12(5-3-10)15-13(16)11-6-8-14-9-7-11/h2,6-9,12H,3-5H2,1H3,(H,15,16). The fraction of sp³-hybridized carbons (Fsp3) is 0.385. The van der Waals surface area contributed by atoms with E-state index >= 15 is 0 Å². The molecule has 0 saturated carbocycles. The van der Waals surface area contributed by atoms with E-state index in [1.54, 1.807) is 24.5 Å². The first-order valence-electron chi connectivity index (χ1n) is 5.62. The molecule has 16 heavy (non-hydrogen) atoms. The third-order valence-corrected chi connectivity index (χ3v) is 2.92. The van der Waals surface area contributed by atoms with Crippen molar-refractivity contribution in [1.29, 1.82) is 0 Å².